The van der Waals surface area contributed by atoms with Gasteiger partial charge in [-0.2, -0.15) is 0 Å². The van der Waals surface area contributed by atoms with Crippen LogP contribution in [0.1, 0.15) is 10.4 Å². The number of likely N-dealkylation sites (tertiary alicyclic amines) is 1. The number of rotatable bonds is 3. The van der Waals surface area contributed by atoms with Crippen LogP contribution in [0.2, 0.25) is 5.02 Å². The van der Waals surface area contributed by atoms with Crippen molar-refractivity contribution in [3.05, 3.63) is 53.1 Å². The fourth-order valence-electron chi connectivity index (χ4n) is 4.15. The Morgan fingerprint density at radius 1 is 0.900 bits per heavy atom. The minimum absolute atomic E-state index is 0.0825. The number of ether oxygens (including phenoxy) is 2. The predicted molar refractivity (Wildman–Crippen MR) is 112 cm³/mol. The van der Waals surface area contributed by atoms with E-state index in [0.717, 1.165) is 23.8 Å². The zero-order chi connectivity index (χ0) is 20.7. The smallest absolute Gasteiger partial charge is 0.254 e. The first-order valence-corrected chi connectivity index (χ1v) is 10.4. The van der Waals surface area contributed by atoms with E-state index in [-0.39, 0.29) is 24.5 Å². The van der Waals surface area contributed by atoms with Gasteiger partial charge in [0.05, 0.1) is 16.6 Å². The number of para-hydroxylation sites is 1. The van der Waals surface area contributed by atoms with Crippen LogP contribution >= 0.6 is 11.6 Å². The summed E-state index contributed by atoms with van der Waals surface area (Å²) >= 11 is 6.29. The van der Waals surface area contributed by atoms with Crippen LogP contribution in [0.25, 0.3) is 0 Å². The summed E-state index contributed by atoms with van der Waals surface area (Å²) in [6, 6.07) is 13.0. The van der Waals surface area contributed by atoms with Gasteiger partial charge in [-0.1, -0.05) is 23.7 Å². The van der Waals surface area contributed by atoms with E-state index >= 15 is 0 Å². The van der Waals surface area contributed by atoms with Gasteiger partial charge in [0.25, 0.3) is 5.91 Å². The lowest BCUT2D eigenvalue weighted by molar-refractivity contribution is -0.140. The van der Waals surface area contributed by atoms with Crippen LogP contribution in [-0.2, 0) is 4.79 Å². The summed E-state index contributed by atoms with van der Waals surface area (Å²) in [6.07, 6.45) is 0. The second-order valence-corrected chi connectivity index (χ2v) is 8.15. The number of benzene rings is 2. The number of halogens is 1. The molecule has 2 amide bonds. The number of nitrogens with zero attached hydrogens (tertiary/aromatic N) is 3. The summed E-state index contributed by atoms with van der Waals surface area (Å²) in [5.74, 6) is 1.16. The number of hydrogen-bond acceptors (Lipinski definition) is 5. The number of fused-ring (bicyclic) bond motifs is 1. The Bertz CT molecular complexity index is 984. The molecule has 5 rings (SSSR count). The minimum atomic E-state index is -0.130. The van der Waals surface area contributed by atoms with Crippen LogP contribution in [0.3, 0.4) is 0 Å². The molecule has 0 aliphatic carbocycles. The molecule has 2 aromatic rings. The lowest BCUT2D eigenvalue weighted by atomic mass is 9.96. The van der Waals surface area contributed by atoms with E-state index in [1.807, 2.05) is 29.2 Å². The van der Waals surface area contributed by atoms with Crippen LogP contribution in [0, 0.1) is 5.92 Å². The Kier molecular flexibility index (Phi) is 4.90. The Balaban J connectivity index is 1.14. The van der Waals surface area contributed by atoms with Gasteiger partial charge in [-0.05, 0) is 30.3 Å². The molecule has 0 spiro atoms. The molecule has 156 valence electrons. The third-order valence-corrected chi connectivity index (χ3v) is 6.24. The van der Waals surface area contributed by atoms with Crippen molar-refractivity contribution in [2.45, 2.75) is 0 Å². The first kappa shape index (κ1) is 19.1. The van der Waals surface area contributed by atoms with Gasteiger partial charge < -0.3 is 24.2 Å². The van der Waals surface area contributed by atoms with Crippen molar-refractivity contribution >= 4 is 29.1 Å². The summed E-state index contributed by atoms with van der Waals surface area (Å²) in [7, 11) is 0. The van der Waals surface area contributed by atoms with E-state index in [2.05, 4.69) is 4.90 Å². The molecule has 3 aliphatic heterocycles. The molecule has 2 saturated heterocycles. The Morgan fingerprint density at radius 3 is 2.40 bits per heavy atom. The monoisotopic (exact) mass is 427 g/mol. The van der Waals surface area contributed by atoms with Crippen molar-refractivity contribution in [2.24, 2.45) is 5.92 Å². The lowest BCUT2D eigenvalue weighted by Gasteiger charge is -2.43. The average molecular weight is 428 g/mol. The molecule has 0 saturated carbocycles. The van der Waals surface area contributed by atoms with Crippen molar-refractivity contribution in [3.8, 4) is 11.5 Å². The number of piperazine rings is 1. The van der Waals surface area contributed by atoms with Gasteiger partial charge in [0, 0.05) is 44.8 Å². The first-order valence-electron chi connectivity index (χ1n) is 10.1. The van der Waals surface area contributed by atoms with Gasteiger partial charge >= 0.3 is 0 Å². The van der Waals surface area contributed by atoms with E-state index < -0.39 is 0 Å². The Morgan fingerprint density at radius 2 is 1.63 bits per heavy atom. The summed E-state index contributed by atoms with van der Waals surface area (Å²) in [5.41, 5.74) is 1.56. The lowest BCUT2D eigenvalue weighted by Crippen LogP contribution is -2.59. The molecule has 0 radical (unpaired) electrons. The topological polar surface area (TPSA) is 62.3 Å². The van der Waals surface area contributed by atoms with Gasteiger partial charge in [-0.3, -0.25) is 9.59 Å². The first-order chi connectivity index (χ1) is 14.6. The van der Waals surface area contributed by atoms with Gasteiger partial charge in [0.15, 0.2) is 11.5 Å². The zero-order valence-corrected chi connectivity index (χ0v) is 17.2. The quantitative estimate of drug-likeness (QED) is 0.753. The highest BCUT2D eigenvalue weighted by Gasteiger charge is 2.39. The molecule has 8 heteroatoms. The molecule has 0 aromatic heterocycles. The molecule has 2 aromatic carbocycles. The normalized spacial score (nSPS) is 18.4. The van der Waals surface area contributed by atoms with Crippen LogP contribution in [0.4, 0.5) is 5.69 Å². The van der Waals surface area contributed by atoms with Crippen LogP contribution in [-0.4, -0.2) is 67.7 Å². The Hall–Kier alpha value is -2.93. The molecule has 7 nitrogen and oxygen atoms in total. The van der Waals surface area contributed by atoms with Crippen molar-refractivity contribution < 1.29 is 19.1 Å². The molecule has 3 heterocycles. The zero-order valence-electron chi connectivity index (χ0n) is 16.4. The summed E-state index contributed by atoms with van der Waals surface area (Å²) in [6.45, 7) is 3.92. The maximum absolute atomic E-state index is 12.9. The van der Waals surface area contributed by atoms with Crippen molar-refractivity contribution in [1.82, 2.24) is 9.80 Å². The van der Waals surface area contributed by atoms with E-state index in [4.69, 9.17) is 21.1 Å². The maximum Gasteiger partial charge on any atom is 0.254 e. The third-order valence-electron chi connectivity index (χ3n) is 5.92. The SMILES string of the molecule is O=C(c1ccc2c(c1)OCO2)N1CC(C(=O)N2CCN(c3ccccc3Cl)CC2)C1. The van der Waals surface area contributed by atoms with Gasteiger partial charge in [0.2, 0.25) is 12.7 Å². The highest BCUT2D eigenvalue weighted by molar-refractivity contribution is 6.33. The predicted octanol–water partition coefficient (Wildman–Crippen LogP) is 2.49. The fraction of sp³-hybridized carbons (Fsp3) is 0.364. The number of carbonyl (C=O) groups excluding carboxylic acids is 2. The molecular weight excluding hydrogens is 406 g/mol. The summed E-state index contributed by atoms with van der Waals surface area (Å²) in [4.78, 5) is 31.4. The molecule has 0 atom stereocenters. The van der Waals surface area contributed by atoms with Crippen molar-refractivity contribution in [2.75, 3.05) is 51.0 Å². The van der Waals surface area contributed by atoms with Crippen molar-refractivity contribution in [1.29, 1.82) is 0 Å². The molecule has 3 aliphatic rings. The number of anilines is 1. The fourth-order valence-corrected chi connectivity index (χ4v) is 4.40. The van der Waals surface area contributed by atoms with E-state index in [1.165, 1.54) is 0 Å². The number of hydrogen-bond donors (Lipinski definition) is 0. The van der Waals surface area contributed by atoms with Crippen LogP contribution in [0.5, 0.6) is 11.5 Å². The molecule has 30 heavy (non-hydrogen) atoms. The average Bonchev–Trinajstić information content (AvgIpc) is 3.21. The molecule has 2 fully saturated rings. The van der Waals surface area contributed by atoms with Gasteiger partial charge in [-0.25, -0.2) is 0 Å². The highest BCUT2D eigenvalue weighted by atomic mass is 35.5. The molecule has 0 unspecified atom stereocenters. The number of amides is 2. The third kappa shape index (κ3) is 3.43. The van der Waals surface area contributed by atoms with E-state index in [1.54, 1.807) is 23.1 Å². The van der Waals surface area contributed by atoms with Crippen LogP contribution < -0.4 is 14.4 Å². The minimum Gasteiger partial charge on any atom is -0.454 e. The summed E-state index contributed by atoms with van der Waals surface area (Å²) in [5, 5.41) is 0.731. The summed E-state index contributed by atoms with van der Waals surface area (Å²) < 4.78 is 10.6. The second-order valence-electron chi connectivity index (χ2n) is 7.74. The molecule has 0 bridgehead atoms. The molecule has 0 N–H and O–H groups in total. The van der Waals surface area contributed by atoms with E-state index in [0.29, 0.717) is 43.2 Å². The maximum atomic E-state index is 12.9. The van der Waals surface area contributed by atoms with Gasteiger partial charge in [0.1, 0.15) is 0 Å². The largest absolute Gasteiger partial charge is 0.454 e. The second kappa shape index (κ2) is 7.72. The molecular formula is C22H22ClN3O4. The number of carbonyl (C=O) groups is 2. The standard InChI is InChI=1S/C22H22ClN3O4/c23-17-3-1-2-4-18(17)24-7-9-25(10-8-24)22(28)16-12-26(13-16)21(27)15-5-6-19-20(11-15)30-14-29-19/h1-6,11,16H,7-10,12-14H2. The highest BCUT2D eigenvalue weighted by Crippen LogP contribution is 2.33. The van der Waals surface area contributed by atoms with Gasteiger partial charge in [-0.15, -0.1) is 0 Å². The van der Waals surface area contributed by atoms with Crippen LogP contribution in [0.15, 0.2) is 42.5 Å². The van der Waals surface area contributed by atoms with E-state index in [9.17, 15) is 9.59 Å². The Labute approximate surface area is 179 Å². The van der Waals surface area contributed by atoms with Crippen molar-refractivity contribution in [3.63, 3.8) is 0 Å².